The molecule has 3 amide bonds. The molecule has 1 aliphatic rings. The number of alkyl halides is 3. The molecule has 0 bridgehead atoms. The summed E-state index contributed by atoms with van der Waals surface area (Å²) in [5.41, 5.74) is -0.0878. The smallest absolute Gasteiger partial charge is 0.416 e. The molecule has 3 rings (SSSR count). The van der Waals surface area contributed by atoms with Gasteiger partial charge in [0.25, 0.3) is 0 Å². The number of carbonyl (C=O) groups excluding carboxylic acids is 2. The number of aliphatic imine (C=N–C) groups is 2. The molecule has 0 saturated heterocycles. The minimum absolute atomic E-state index is 0.0106. The summed E-state index contributed by atoms with van der Waals surface area (Å²) in [6.07, 6.45) is -1.49. The number of hydrogen-bond donors (Lipinski definition) is 3. The van der Waals surface area contributed by atoms with E-state index in [0.29, 0.717) is 17.0 Å². The number of benzene rings is 2. The van der Waals surface area contributed by atoms with Crippen molar-refractivity contribution in [2.24, 2.45) is 15.9 Å². The van der Waals surface area contributed by atoms with Crippen molar-refractivity contribution in [1.82, 2.24) is 5.32 Å². The van der Waals surface area contributed by atoms with Crippen molar-refractivity contribution in [1.29, 1.82) is 0 Å². The summed E-state index contributed by atoms with van der Waals surface area (Å²) in [4.78, 5) is 32.1. The Bertz CT molecular complexity index is 1240. The highest BCUT2D eigenvalue weighted by Crippen LogP contribution is 2.33. The predicted molar refractivity (Wildman–Crippen MR) is 133 cm³/mol. The Morgan fingerprint density at radius 1 is 1.17 bits per heavy atom. The summed E-state index contributed by atoms with van der Waals surface area (Å²) < 4.78 is 44.7. The Hall–Kier alpha value is -3.86. The third-order valence-corrected chi connectivity index (χ3v) is 5.22. The lowest BCUT2D eigenvalue weighted by molar-refractivity contribution is -0.137. The van der Waals surface area contributed by atoms with Crippen molar-refractivity contribution in [3.63, 3.8) is 0 Å². The number of nitrogens with zero attached hydrogens (tertiary/aromatic N) is 2. The summed E-state index contributed by atoms with van der Waals surface area (Å²) in [6.45, 7) is 5.14. The van der Waals surface area contributed by atoms with E-state index in [0.717, 1.165) is 25.0 Å². The van der Waals surface area contributed by atoms with Crippen LogP contribution in [0.3, 0.4) is 0 Å². The summed E-state index contributed by atoms with van der Waals surface area (Å²) in [6, 6.07) is 6.75. The maximum absolute atomic E-state index is 13.0. The van der Waals surface area contributed by atoms with E-state index in [1.807, 2.05) is 0 Å². The van der Waals surface area contributed by atoms with Crippen LogP contribution in [-0.2, 0) is 11.0 Å². The molecule has 0 heterocycles. The number of hydrogen-bond acceptors (Lipinski definition) is 5. The molecular weight excluding hydrogens is 499 g/mol. The van der Waals surface area contributed by atoms with Gasteiger partial charge in [0, 0.05) is 35.4 Å². The van der Waals surface area contributed by atoms with Gasteiger partial charge in [0.15, 0.2) is 0 Å². The SMILES string of the molecule is C=N/C(=C\C(=NC)Oc1ccc(NC(=O)Nc2cc(Cl)cc(C(F)(F)F)c2)c(C)c1)NC(=O)C1CC1. The quantitative estimate of drug-likeness (QED) is 0.317. The summed E-state index contributed by atoms with van der Waals surface area (Å²) in [5.74, 6) is 0.600. The van der Waals surface area contributed by atoms with Crippen LogP contribution < -0.4 is 20.7 Å². The largest absolute Gasteiger partial charge is 0.439 e. The van der Waals surface area contributed by atoms with Crippen LogP contribution in [0.15, 0.2) is 58.3 Å². The standard InChI is InChI=1S/C24H23ClF3N5O3/c1-13-8-18(36-21(30-3)12-20(29-2)33-22(34)14-4-5-14)6-7-19(13)32-23(35)31-17-10-15(24(26,27)28)9-16(25)11-17/h6-12,14H,2,4-5H2,1,3H3,(H,33,34)(H2,31,32,35)/b20-12+,30-21?. The van der Waals surface area contributed by atoms with Crippen molar-refractivity contribution in [2.45, 2.75) is 25.9 Å². The van der Waals surface area contributed by atoms with Crippen LogP contribution in [-0.4, -0.2) is 31.6 Å². The maximum Gasteiger partial charge on any atom is 0.416 e. The normalized spacial score (nSPS) is 14.2. The Labute approximate surface area is 210 Å². The van der Waals surface area contributed by atoms with Gasteiger partial charge in [-0.1, -0.05) is 11.6 Å². The average molecular weight is 522 g/mol. The Morgan fingerprint density at radius 3 is 2.47 bits per heavy atom. The van der Waals surface area contributed by atoms with Crippen molar-refractivity contribution in [3.8, 4) is 5.75 Å². The second kappa shape index (κ2) is 11.3. The van der Waals surface area contributed by atoms with Crippen molar-refractivity contribution >= 4 is 47.5 Å². The fourth-order valence-electron chi connectivity index (χ4n) is 3.02. The summed E-state index contributed by atoms with van der Waals surface area (Å²) >= 11 is 5.75. The third-order valence-electron chi connectivity index (χ3n) is 5.00. The van der Waals surface area contributed by atoms with Crippen LogP contribution >= 0.6 is 11.6 Å². The minimum atomic E-state index is -4.61. The molecule has 0 spiro atoms. The molecule has 0 radical (unpaired) electrons. The van der Waals surface area contributed by atoms with Gasteiger partial charge in [0.05, 0.1) is 5.56 Å². The van der Waals surface area contributed by atoms with Gasteiger partial charge in [0.1, 0.15) is 11.6 Å². The third kappa shape index (κ3) is 7.57. The molecule has 3 N–H and O–H groups in total. The first-order chi connectivity index (χ1) is 17.0. The number of rotatable bonds is 7. The van der Waals surface area contributed by atoms with Crippen molar-refractivity contribution < 1.29 is 27.5 Å². The fourth-order valence-corrected chi connectivity index (χ4v) is 3.26. The van der Waals surface area contributed by atoms with E-state index in [1.54, 1.807) is 25.1 Å². The van der Waals surface area contributed by atoms with Gasteiger partial charge in [-0.05, 0) is 68.4 Å². The van der Waals surface area contributed by atoms with Crippen LogP contribution in [0.1, 0.15) is 24.0 Å². The first-order valence-corrected chi connectivity index (χ1v) is 11.1. The lowest BCUT2D eigenvalue weighted by Gasteiger charge is -2.14. The van der Waals surface area contributed by atoms with E-state index < -0.39 is 17.8 Å². The average Bonchev–Trinajstić information content (AvgIpc) is 3.64. The molecule has 0 aliphatic heterocycles. The predicted octanol–water partition coefficient (Wildman–Crippen LogP) is 5.79. The molecule has 2 aromatic carbocycles. The summed E-state index contributed by atoms with van der Waals surface area (Å²) in [5, 5.41) is 7.41. The number of amides is 3. The Balaban J connectivity index is 1.65. The zero-order valence-electron chi connectivity index (χ0n) is 19.4. The maximum atomic E-state index is 13.0. The van der Waals surface area contributed by atoms with Crippen LogP contribution in [0.4, 0.5) is 29.3 Å². The molecule has 1 aliphatic carbocycles. The lowest BCUT2D eigenvalue weighted by atomic mass is 10.2. The van der Waals surface area contributed by atoms with E-state index in [9.17, 15) is 22.8 Å². The minimum Gasteiger partial charge on any atom is -0.439 e. The molecule has 2 aromatic rings. The zero-order chi connectivity index (χ0) is 26.5. The lowest BCUT2D eigenvalue weighted by Crippen LogP contribution is -2.24. The highest BCUT2D eigenvalue weighted by molar-refractivity contribution is 6.31. The molecule has 0 aromatic heterocycles. The molecule has 8 nitrogen and oxygen atoms in total. The Kier molecular flexibility index (Phi) is 8.36. The van der Waals surface area contributed by atoms with E-state index in [4.69, 9.17) is 16.3 Å². The molecule has 190 valence electrons. The number of halogens is 4. The second-order valence-corrected chi connectivity index (χ2v) is 8.33. The highest BCUT2D eigenvalue weighted by atomic mass is 35.5. The van der Waals surface area contributed by atoms with Crippen LogP contribution in [0.25, 0.3) is 0 Å². The number of anilines is 2. The molecule has 0 atom stereocenters. The highest BCUT2D eigenvalue weighted by Gasteiger charge is 2.31. The Morgan fingerprint density at radius 2 is 1.89 bits per heavy atom. The van der Waals surface area contributed by atoms with Crippen molar-refractivity contribution in [3.05, 3.63) is 64.4 Å². The number of ether oxygens (including phenoxy) is 1. The first-order valence-electron chi connectivity index (χ1n) is 10.7. The molecule has 12 heteroatoms. The van der Waals surface area contributed by atoms with E-state index in [1.165, 1.54) is 19.2 Å². The zero-order valence-corrected chi connectivity index (χ0v) is 20.1. The van der Waals surface area contributed by atoms with Crippen molar-refractivity contribution in [2.75, 3.05) is 17.7 Å². The molecule has 1 fully saturated rings. The fraction of sp³-hybridized carbons (Fsp3) is 0.250. The second-order valence-electron chi connectivity index (χ2n) is 7.90. The van der Waals surface area contributed by atoms with Crippen LogP contribution in [0.5, 0.6) is 5.75 Å². The topological polar surface area (TPSA) is 104 Å². The van der Waals surface area contributed by atoms with Gasteiger partial charge < -0.3 is 20.7 Å². The summed E-state index contributed by atoms with van der Waals surface area (Å²) in [7, 11) is 1.50. The number of nitrogens with one attached hydrogen (secondary N) is 3. The number of urea groups is 1. The van der Waals surface area contributed by atoms with Gasteiger partial charge >= 0.3 is 12.2 Å². The molecule has 0 unspecified atom stereocenters. The molecule has 1 saturated carbocycles. The van der Waals surface area contributed by atoms with E-state index >= 15 is 0 Å². The van der Waals surface area contributed by atoms with Gasteiger partial charge in [-0.15, -0.1) is 0 Å². The van der Waals surface area contributed by atoms with Crippen LogP contribution in [0, 0.1) is 12.8 Å². The van der Waals surface area contributed by atoms with Gasteiger partial charge in [-0.25, -0.2) is 9.79 Å². The first kappa shape index (κ1) is 26.7. The molecular formula is C24H23ClF3N5O3. The van der Waals surface area contributed by atoms with E-state index in [2.05, 4.69) is 32.7 Å². The molecule has 36 heavy (non-hydrogen) atoms. The van der Waals surface area contributed by atoms with Gasteiger partial charge in [0.2, 0.25) is 11.8 Å². The van der Waals surface area contributed by atoms with Gasteiger partial charge in [-0.3, -0.25) is 9.79 Å². The monoisotopic (exact) mass is 521 g/mol. The van der Waals surface area contributed by atoms with E-state index in [-0.39, 0.29) is 34.3 Å². The van der Waals surface area contributed by atoms with Gasteiger partial charge in [-0.2, -0.15) is 13.2 Å². The van der Waals surface area contributed by atoms with Crippen LogP contribution in [0.2, 0.25) is 5.02 Å². The number of carbonyl (C=O) groups is 2. The number of aryl methyl sites for hydroxylation is 1.